The van der Waals surface area contributed by atoms with Crippen LogP contribution in [0.4, 0.5) is 13.2 Å². The molecule has 4 aromatic rings. The molecule has 33 heavy (non-hydrogen) atoms. The van der Waals surface area contributed by atoms with Crippen molar-refractivity contribution in [1.29, 1.82) is 0 Å². The lowest BCUT2D eigenvalue weighted by Gasteiger charge is -2.37. The first-order valence-corrected chi connectivity index (χ1v) is 10.8. The minimum atomic E-state index is -1.17. The van der Waals surface area contributed by atoms with Crippen molar-refractivity contribution in [1.82, 2.24) is 10.3 Å². The maximum atomic E-state index is 14.5. The molecule has 1 aliphatic carbocycles. The maximum Gasteiger partial charge on any atom is 0.214 e. The first-order chi connectivity index (χ1) is 15.9. The highest BCUT2D eigenvalue weighted by Crippen LogP contribution is 2.46. The predicted molar refractivity (Wildman–Crippen MR) is 117 cm³/mol. The molecule has 3 N–H and O–H groups in total. The van der Waals surface area contributed by atoms with Crippen LogP contribution in [-0.4, -0.2) is 22.6 Å². The van der Waals surface area contributed by atoms with Crippen LogP contribution in [0.1, 0.15) is 35.8 Å². The van der Waals surface area contributed by atoms with E-state index in [0.717, 1.165) is 17.4 Å². The van der Waals surface area contributed by atoms with E-state index in [1.165, 1.54) is 18.2 Å². The lowest BCUT2D eigenvalue weighted by atomic mass is 9.75. The summed E-state index contributed by atoms with van der Waals surface area (Å²) in [6.07, 6.45) is -0.258. The summed E-state index contributed by atoms with van der Waals surface area (Å²) in [4.78, 5) is 3.06. The van der Waals surface area contributed by atoms with Crippen LogP contribution in [0.15, 0.2) is 52.9 Å². The third-order valence-corrected chi connectivity index (χ3v) is 6.07. The third kappa shape index (κ3) is 4.42. The highest BCUT2D eigenvalue weighted by molar-refractivity contribution is 5.92. The first-order valence-electron chi connectivity index (χ1n) is 10.8. The number of H-pyrrole nitrogens is 1. The summed E-state index contributed by atoms with van der Waals surface area (Å²) >= 11 is 0. The fourth-order valence-corrected chi connectivity index (χ4v) is 4.42. The number of furan rings is 1. The maximum absolute atomic E-state index is 14.5. The highest BCUT2D eigenvalue weighted by Gasteiger charge is 2.36. The van der Waals surface area contributed by atoms with Gasteiger partial charge >= 0.3 is 0 Å². The predicted octanol–water partition coefficient (Wildman–Crippen LogP) is 5.48. The number of hydrogen-bond donors (Lipinski definition) is 3. The molecule has 1 aliphatic rings. The van der Waals surface area contributed by atoms with Gasteiger partial charge in [-0.3, -0.25) is 5.32 Å². The van der Waals surface area contributed by atoms with Gasteiger partial charge in [0, 0.05) is 11.5 Å². The summed E-state index contributed by atoms with van der Waals surface area (Å²) in [5.74, 6) is -0.284. The van der Waals surface area contributed by atoms with E-state index >= 15 is 0 Å². The van der Waals surface area contributed by atoms with E-state index in [1.807, 2.05) is 19.1 Å². The van der Waals surface area contributed by atoms with Crippen molar-refractivity contribution in [2.75, 3.05) is 0 Å². The molecule has 2 aromatic heterocycles. The van der Waals surface area contributed by atoms with Gasteiger partial charge in [-0.2, -0.15) is 0 Å². The molecule has 5 rings (SSSR count). The fraction of sp³-hybridized carbons (Fsp3) is 0.280. The number of aryl methyl sites for hydroxylation is 1. The van der Waals surface area contributed by atoms with E-state index in [1.54, 1.807) is 12.1 Å². The molecule has 0 saturated heterocycles. The first kappa shape index (κ1) is 21.8. The number of rotatable bonds is 7. The largest absolute Gasteiger partial charge is 0.465 e. The van der Waals surface area contributed by atoms with Crippen molar-refractivity contribution in [2.45, 2.75) is 44.7 Å². The fourth-order valence-electron chi connectivity index (χ4n) is 4.42. The van der Waals surface area contributed by atoms with Crippen LogP contribution in [0.3, 0.4) is 0 Å². The molecule has 2 heterocycles. The molecule has 5 nitrogen and oxygen atoms in total. The number of aromatic amines is 1. The SMILES string of the molecule is Cc1ccc(CNC(O)O[C@H]2C[C@H](c3c(-c4ccc(F)cc4)[nH]c4c(F)cc(F)cc43)C2)o1. The summed E-state index contributed by atoms with van der Waals surface area (Å²) in [5.41, 5.74) is 2.29. The molecular formula is C25H23F3N2O3. The van der Waals surface area contributed by atoms with Crippen LogP contribution >= 0.6 is 0 Å². The number of ether oxygens (including phenoxy) is 1. The van der Waals surface area contributed by atoms with Gasteiger partial charge in [0.2, 0.25) is 6.41 Å². The Kier molecular flexibility index (Phi) is 5.74. The lowest BCUT2D eigenvalue weighted by molar-refractivity contribution is -0.177. The van der Waals surface area contributed by atoms with Gasteiger partial charge in [0.1, 0.15) is 29.0 Å². The number of nitrogens with one attached hydrogen (secondary N) is 2. The van der Waals surface area contributed by atoms with Gasteiger partial charge < -0.3 is 19.2 Å². The molecule has 1 unspecified atom stereocenters. The van der Waals surface area contributed by atoms with Gasteiger partial charge in [0.25, 0.3) is 0 Å². The molecular weight excluding hydrogens is 433 g/mol. The monoisotopic (exact) mass is 456 g/mol. The number of aromatic nitrogens is 1. The van der Waals surface area contributed by atoms with E-state index in [2.05, 4.69) is 10.3 Å². The summed E-state index contributed by atoms with van der Waals surface area (Å²) in [5, 5.41) is 13.5. The Labute approximate surface area is 188 Å². The van der Waals surface area contributed by atoms with Crippen LogP contribution < -0.4 is 5.32 Å². The van der Waals surface area contributed by atoms with Gasteiger partial charge in [-0.05, 0) is 79.3 Å². The molecule has 0 aliphatic heterocycles. The average Bonchev–Trinajstić information content (AvgIpc) is 3.33. The Balaban J connectivity index is 1.33. The second kappa shape index (κ2) is 8.70. The second-order valence-corrected chi connectivity index (χ2v) is 8.40. The van der Waals surface area contributed by atoms with Gasteiger partial charge in [-0.15, -0.1) is 0 Å². The Morgan fingerprint density at radius 3 is 2.55 bits per heavy atom. The van der Waals surface area contributed by atoms with Crippen LogP contribution in [0.5, 0.6) is 0 Å². The Bertz CT molecular complexity index is 1280. The number of halogens is 3. The van der Waals surface area contributed by atoms with Crippen molar-refractivity contribution in [3.8, 4) is 11.3 Å². The average molecular weight is 456 g/mol. The van der Waals surface area contributed by atoms with Crippen LogP contribution in [0, 0.1) is 24.4 Å². The minimum Gasteiger partial charge on any atom is -0.465 e. The zero-order valence-corrected chi connectivity index (χ0v) is 17.9. The molecule has 1 saturated carbocycles. The van der Waals surface area contributed by atoms with Gasteiger partial charge in [-0.1, -0.05) is 0 Å². The van der Waals surface area contributed by atoms with Crippen LogP contribution in [0.2, 0.25) is 0 Å². The lowest BCUT2D eigenvalue weighted by Crippen LogP contribution is -2.39. The Morgan fingerprint density at radius 2 is 1.85 bits per heavy atom. The van der Waals surface area contributed by atoms with E-state index in [0.29, 0.717) is 41.8 Å². The number of benzene rings is 2. The van der Waals surface area contributed by atoms with Crippen LogP contribution in [0.25, 0.3) is 22.2 Å². The van der Waals surface area contributed by atoms with Crippen molar-refractivity contribution < 1.29 is 27.4 Å². The topological polar surface area (TPSA) is 70.4 Å². The molecule has 0 bridgehead atoms. The van der Waals surface area contributed by atoms with E-state index in [4.69, 9.17) is 9.15 Å². The zero-order valence-electron chi connectivity index (χ0n) is 17.9. The van der Waals surface area contributed by atoms with Crippen molar-refractivity contribution in [3.63, 3.8) is 0 Å². The Hall–Kier alpha value is -3.07. The summed E-state index contributed by atoms with van der Waals surface area (Å²) in [7, 11) is 0. The van der Waals surface area contributed by atoms with Crippen molar-refractivity contribution >= 4 is 10.9 Å². The summed E-state index contributed by atoms with van der Waals surface area (Å²) < 4.78 is 53.0. The molecule has 1 fully saturated rings. The van der Waals surface area contributed by atoms with Crippen LogP contribution in [-0.2, 0) is 11.3 Å². The van der Waals surface area contributed by atoms with E-state index in [9.17, 15) is 18.3 Å². The third-order valence-electron chi connectivity index (χ3n) is 6.07. The number of fused-ring (bicyclic) bond motifs is 1. The molecule has 0 amide bonds. The van der Waals surface area contributed by atoms with E-state index in [-0.39, 0.29) is 23.4 Å². The molecule has 172 valence electrons. The zero-order chi connectivity index (χ0) is 23.1. The standard InChI is InChI=1S/C25H23F3N2O3/c1-13-2-7-18(32-13)12-29-25(31)33-19-8-15(9-19)22-20-10-17(27)11-21(28)24(20)30-23(22)14-3-5-16(26)6-4-14/h2-7,10-11,15,19,25,29-31H,8-9,12H2,1H3/t15-,19-,25?. The van der Waals surface area contributed by atoms with Crippen molar-refractivity contribution in [2.24, 2.45) is 0 Å². The molecule has 0 radical (unpaired) electrons. The molecule has 1 atom stereocenters. The summed E-state index contributed by atoms with van der Waals surface area (Å²) in [6.45, 7) is 2.16. The molecule has 8 heteroatoms. The summed E-state index contributed by atoms with van der Waals surface area (Å²) in [6, 6.07) is 11.7. The molecule has 2 aromatic carbocycles. The number of aliphatic hydroxyl groups is 1. The smallest absolute Gasteiger partial charge is 0.214 e. The minimum absolute atomic E-state index is 0.0371. The number of aliphatic hydroxyl groups excluding tert-OH is 1. The quantitative estimate of drug-likeness (QED) is 0.322. The van der Waals surface area contributed by atoms with Crippen molar-refractivity contribution in [3.05, 3.63) is 83.1 Å². The van der Waals surface area contributed by atoms with Gasteiger partial charge in [-0.25, -0.2) is 13.2 Å². The molecule has 0 spiro atoms. The second-order valence-electron chi connectivity index (χ2n) is 8.40. The number of hydrogen-bond acceptors (Lipinski definition) is 4. The van der Waals surface area contributed by atoms with Gasteiger partial charge in [0.05, 0.1) is 23.9 Å². The highest BCUT2D eigenvalue weighted by atomic mass is 19.1. The Morgan fingerprint density at radius 1 is 1.09 bits per heavy atom. The van der Waals surface area contributed by atoms with E-state index < -0.39 is 18.0 Å². The normalized spacial score (nSPS) is 19.1. The van der Waals surface area contributed by atoms with Gasteiger partial charge in [0.15, 0.2) is 0 Å².